The number of nitrogens with zero attached hydrogens (tertiary/aromatic N) is 4. The predicted molar refractivity (Wildman–Crippen MR) is 176 cm³/mol. The summed E-state index contributed by atoms with van der Waals surface area (Å²) < 4.78 is 72.4. The number of amides is 2. The fourth-order valence-electron chi connectivity index (χ4n) is 4.85. The molecule has 0 spiro atoms. The van der Waals surface area contributed by atoms with Crippen LogP contribution in [0.1, 0.15) is 11.1 Å². The molecule has 1 saturated heterocycles. The van der Waals surface area contributed by atoms with Crippen LogP contribution in [0.15, 0.2) is 66.9 Å². The number of nitrogens with one attached hydrogen (secondary N) is 4. The van der Waals surface area contributed by atoms with Gasteiger partial charge in [-0.3, -0.25) is 14.9 Å². The fourth-order valence-corrected chi connectivity index (χ4v) is 4.99. The van der Waals surface area contributed by atoms with E-state index >= 15 is 0 Å². The second-order valence-corrected chi connectivity index (χ2v) is 11.3. The van der Waals surface area contributed by atoms with Crippen LogP contribution in [0.25, 0.3) is 0 Å². The van der Waals surface area contributed by atoms with Gasteiger partial charge in [-0.05, 0) is 66.4 Å². The number of fused-ring (bicyclic) bond motifs is 6. The first-order valence-corrected chi connectivity index (χ1v) is 15.4. The number of Topliss-reactive ketones (excluding diaryl/α,β-unsaturated/α-hetero) is 2. The third-order valence-corrected chi connectivity index (χ3v) is 7.54. The monoisotopic (exact) mass is 736 g/mol. The predicted octanol–water partition coefficient (Wildman–Crippen LogP) is 6.84. The number of urea groups is 1. The van der Waals surface area contributed by atoms with Crippen LogP contribution in [0.5, 0.6) is 0 Å². The number of benzene rings is 2. The largest absolute Gasteiger partial charge is 0.458 e. The van der Waals surface area contributed by atoms with E-state index in [1.54, 1.807) is 12.3 Å². The average molecular weight is 737 g/mol. The molecule has 2 amide bonds. The maximum absolute atomic E-state index is 13.0. The van der Waals surface area contributed by atoms with Crippen molar-refractivity contribution in [1.82, 2.24) is 15.0 Å². The molecule has 12 nitrogen and oxygen atoms in total. The minimum absolute atomic E-state index is 0.365. The second kappa shape index (κ2) is 15.6. The zero-order chi connectivity index (χ0) is 36.8. The highest BCUT2D eigenvalue weighted by atomic mass is 35.5. The van der Waals surface area contributed by atoms with E-state index in [1.165, 1.54) is 0 Å². The first-order chi connectivity index (χ1) is 24.2. The van der Waals surface area contributed by atoms with Crippen LogP contribution in [0.3, 0.4) is 0 Å². The molecule has 2 aromatic heterocycles. The highest BCUT2D eigenvalue weighted by molar-refractivity contribution is 6.41. The number of carbonyl (C=O) groups excluding carboxylic acids is 3. The van der Waals surface area contributed by atoms with Gasteiger partial charge in [0.05, 0.1) is 19.4 Å². The Morgan fingerprint density at radius 1 is 0.804 bits per heavy atom. The quantitative estimate of drug-likeness (QED) is 0.130. The number of carbonyl (C=O) groups is 3. The standard InChI is InChI=1S/C28H27ClN8O2.C4F6O2/c29-22-17-30-27-32-20-4-1-3-18(15-20)7-8-19-16-21(31-26(22)36-27)9-10-23(19)33-28(38)35-24-5-2-6-25(34-24)37-11-13-39-14-12-37;5-3(6,7)1(11)2(12)4(8,9)10/h1-6,9-10,15-17H,7-8,11-14H2,(H2,30,31,32,36)(H2,33,34,35,38);. The molecule has 6 rings (SSSR count). The van der Waals surface area contributed by atoms with Gasteiger partial charge in [0.15, 0.2) is 5.82 Å². The summed E-state index contributed by atoms with van der Waals surface area (Å²) in [5, 5.41) is 12.8. The zero-order valence-corrected chi connectivity index (χ0v) is 26.9. The Morgan fingerprint density at radius 3 is 2.20 bits per heavy atom. The van der Waals surface area contributed by atoms with Crippen molar-refractivity contribution in [2.24, 2.45) is 0 Å². The van der Waals surface area contributed by atoms with Crippen LogP contribution in [-0.4, -0.2) is 71.2 Å². The summed E-state index contributed by atoms with van der Waals surface area (Å²) in [4.78, 5) is 47.8. The van der Waals surface area contributed by atoms with Crippen molar-refractivity contribution in [3.63, 3.8) is 0 Å². The van der Waals surface area contributed by atoms with Gasteiger partial charge in [-0.15, -0.1) is 0 Å². The molecule has 0 saturated carbocycles. The number of aromatic nitrogens is 3. The number of morpholine rings is 1. The van der Waals surface area contributed by atoms with E-state index in [1.807, 2.05) is 42.5 Å². The van der Waals surface area contributed by atoms with Gasteiger partial charge in [-0.2, -0.15) is 31.3 Å². The summed E-state index contributed by atoms with van der Waals surface area (Å²) in [5.74, 6) is -4.59. The van der Waals surface area contributed by atoms with E-state index in [0.717, 1.165) is 47.8 Å². The van der Waals surface area contributed by atoms with Gasteiger partial charge in [-0.25, -0.2) is 14.8 Å². The van der Waals surface area contributed by atoms with Crippen molar-refractivity contribution in [3.05, 3.63) is 83.0 Å². The van der Waals surface area contributed by atoms with Crippen molar-refractivity contribution in [3.8, 4) is 0 Å². The van der Waals surface area contributed by atoms with Crippen molar-refractivity contribution < 1.29 is 45.5 Å². The third-order valence-electron chi connectivity index (χ3n) is 7.26. The molecule has 1 fully saturated rings. The molecule has 4 N–H and O–H groups in total. The molecule has 0 aliphatic carbocycles. The van der Waals surface area contributed by atoms with Gasteiger partial charge in [0.1, 0.15) is 16.7 Å². The zero-order valence-electron chi connectivity index (χ0n) is 26.2. The summed E-state index contributed by atoms with van der Waals surface area (Å²) >= 11 is 6.38. The number of pyridine rings is 1. The topological polar surface area (TPSA) is 150 Å². The minimum Gasteiger partial charge on any atom is -0.378 e. The van der Waals surface area contributed by atoms with Gasteiger partial charge in [-0.1, -0.05) is 29.8 Å². The Balaban J connectivity index is 0.000000362. The number of halogens is 7. The van der Waals surface area contributed by atoms with Crippen molar-refractivity contribution in [2.45, 2.75) is 25.2 Å². The van der Waals surface area contributed by atoms with Crippen LogP contribution < -0.4 is 26.2 Å². The van der Waals surface area contributed by atoms with Crippen LogP contribution in [0.2, 0.25) is 5.02 Å². The number of hydrogen-bond acceptors (Lipinski definition) is 10. The Bertz CT molecular complexity index is 1900. The summed E-state index contributed by atoms with van der Waals surface area (Å²) in [6, 6.07) is 19.1. The molecule has 0 atom stereocenters. The Kier molecular flexibility index (Phi) is 11.2. The van der Waals surface area contributed by atoms with Crippen molar-refractivity contribution >= 4 is 69.7 Å². The minimum atomic E-state index is -5.77. The summed E-state index contributed by atoms with van der Waals surface area (Å²) in [5.41, 5.74) is 4.50. The lowest BCUT2D eigenvalue weighted by molar-refractivity contribution is -0.193. The number of aryl methyl sites for hydroxylation is 2. The van der Waals surface area contributed by atoms with E-state index in [2.05, 4.69) is 53.3 Å². The number of anilines is 7. The van der Waals surface area contributed by atoms with Crippen LogP contribution in [0, 0.1) is 0 Å². The summed E-state index contributed by atoms with van der Waals surface area (Å²) in [7, 11) is 0. The van der Waals surface area contributed by atoms with Crippen LogP contribution >= 0.6 is 11.6 Å². The average Bonchev–Trinajstić information content (AvgIpc) is 3.09. The highest BCUT2D eigenvalue weighted by Gasteiger charge is 2.54. The molecule has 2 aromatic carbocycles. The van der Waals surface area contributed by atoms with E-state index in [0.29, 0.717) is 47.9 Å². The number of alkyl halides is 6. The maximum atomic E-state index is 13.0. The Morgan fingerprint density at radius 2 is 1.49 bits per heavy atom. The smallest absolute Gasteiger partial charge is 0.378 e. The Labute approximate surface area is 290 Å². The van der Waals surface area contributed by atoms with Crippen molar-refractivity contribution in [1.29, 1.82) is 0 Å². The number of rotatable bonds is 4. The van der Waals surface area contributed by atoms with Gasteiger partial charge >= 0.3 is 30.0 Å². The molecule has 2 aliphatic heterocycles. The normalized spacial score (nSPS) is 14.1. The second-order valence-electron chi connectivity index (χ2n) is 10.9. The lowest BCUT2D eigenvalue weighted by atomic mass is 10.0. The van der Waals surface area contributed by atoms with E-state index in [4.69, 9.17) is 16.3 Å². The third kappa shape index (κ3) is 10.0. The van der Waals surface area contributed by atoms with Gasteiger partial charge in [0, 0.05) is 30.2 Å². The number of ether oxygens (including phenoxy) is 1. The molecule has 4 heterocycles. The summed E-state index contributed by atoms with van der Waals surface area (Å²) in [6.45, 7) is 2.87. The maximum Gasteiger partial charge on any atom is 0.458 e. The molecule has 2 aliphatic rings. The lowest BCUT2D eigenvalue weighted by Gasteiger charge is -2.28. The molecule has 19 heteroatoms. The molecule has 268 valence electrons. The van der Waals surface area contributed by atoms with Crippen molar-refractivity contribution in [2.75, 3.05) is 52.5 Å². The fraction of sp³-hybridized carbons (Fsp3) is 0.250. The van der Waals surface area contributed by atoms with Crippen LogP contribution in [0.4, 0.5) is 71.6 Å². The lowest BCUT2D eigenvalue weighted by Crippen LogP contribution is -2.39. The number of ketones is 2. The Hall–Kier alpha value is -5.49. The van der Waals surface area contributed by atoms with Gasteiger partial charge in [0.25, 0.3) is 0 Å². The highest BCUT2D eigenvalue weighted by Crippen LogP contribution is 2.30. The molecule has 6 bridgehead atoms. The van der Waals surface area contributed by atoms with Crippen LogP contribution in [-0.2, 0) is 27.2 Å². The first kappa shape index (κ1) is 36.8. The van der Waals surface area contributed by atoms with Gasteiger partial charge < -0.3 is 25.6 Å². The molecular weight excluding hydrogens is 710 g/mol. The molecular formula is C32H27ClF6N8O4. The number of hydrogen-bond donors (Lipinski definition) is 4. The summed E-state index contributed by atoms with van der Waals surface area (Å²) in [6.07, 6.45) is -8.50. The van der Waals surface area contributed by atoms with E-state index in [9.17, 15) is 40.7 Å². The molecule has 51 heavy (non-hydrogen) atoms. The van der Waals surface area contributed by atoms with Gasteiger partial charge in [0.2, 0.25) is 5.95 Å². The molecule has 4 aromatic rings. The SMILES string of the molecule is O=C(C(=O)C(F)(F)F)C(F)(F)F.O=C(Nc1cccc(N2CCOCC2)n1)Nc1ccc2cc1CCc1cccc(c1)Nc1ncc(Cl)c(n1)N2. The van der Waals surface area contributed by atoms with E-state index < -0.39 is 23.9 Å². The molecule has 0 unspecified atom stereocenters. The van der Waals surface area contributed by atoms with E-state index in [-0.39, 0.29) is 6.03 Å². The first-order valence-electron chi connectivity index (χ1n) is 15.0. The molecule has 0 radical (unpaired) electrons.